The number of alkyl halides is 1. The van der Waals surface area contributed by atoms with Gasteiger partial charge in [0.05, 0.1) is 16.0 Å². The third kappa shape index (κ3) is 1.70. The molecule has 0 saturated carbocycles. The van der Waals surface area contributed by atoms with Crippen LogP contribution in [0.4, 0.5) is 5.69 Å². The summed E-state index contributed by atoms with van der Waals surface area (Å²) >= 11 is 3.31. The normalized spacial score (nSPS) is 10.5. The molecule has 0 N–H and O–H groups in total. The monoisotopic (exact) mass is 266 g/mol. The number of non-ortho nitro benzene ring substituents is 1. The molecule has 76 valence electrons. The van der Waals surface area contributed by atoms with Crippen molar-refractivity contribution >= 4 is 32.4 Å². The van der Waals surface area contributed by atoms with Gasteiger partial charge in [0.1, 0.15) is 0 Å². The number of rotatable bonds is 2. The first-order chi connectivity index (χ1) is 7.24. The zero-order valence-corrected chi connectivity index (χ0v) is 9.27. The van der Waals surface area contributed by atoms with Crippen LogP contribution < -0.4 is 0 Å². The van der Waals surface area contributed by atoms with Gasteiger partial charge in [0.25, 0.3) is 5.69 Å². The van der Waals surface area contributed by atoms with Crippen molar-refractivity contribution in [3.63, 3.8) is 0 Å². The molecule has 2 rings (SSSR count). The number of nitro benzene ring substituents is 1. The average Bonchev–Trinajstić information content (AvgIpc) is 2.27. The Balaban J connectivity index is 2.82. The number of hydrogen-bond donors (Lipinski definition) is 0. The first-order valence-corrected chi connectivity index (χ1v) is 5.43. The van der Waals surface area contributed by atoms with Gasteiger partial charge in [0.15, 0.2) is 0 Å². The van der Waals surface area contributed by atoms with E-state index < -0.39 is 0 Å². The molecule has 0 amide bonds. The molecule has 1 heterocycles. The van der Waals surface area contributed by atoms with Crippen molar-refractivity contribution in [3.8, 4) is 0 Å². The molecule has 0 bridgehead atoms. The molecule has 0 radical (unpaired) electrons. The van der Waals surface area contributed by atoms with Crippen LogP contribution in [0.3, 0.4) is 0 Å². The van der Waals surface area contributed by atoms with E-state index in [1.807, 2.05) is 6.07 Å². The van der Waals surface area contributed by atoms with E-state index >= 15 is 0 Å². The lowest BCUT2D eigenvalue weighted by atomic mass is 10.1. The van der Waals surface area contributed by atoms with Gasteiger partial charge in [-0.2, -0.15) is 0 Å². The van der Waals surface area contributed by atoms with Crippen molar-refractivity contribution in [3.05, 3.63) is 46.3 Å². The van der Waals surface area contributed by atoms with Crippen LogP contribution in [-0.2, 0) is 5.33 Å². The van der Waals surface area contributed by atoms with Gasteiger partial charge in [-0.3, -0.25) is 15.1 Å². The van der Waals surface area contributed by atoms with Gasteiger partial charge in [-0.1, -0.05) is 28.1 Å². The Hall–Kier alpha value is -1.49. The fraction of sp³-hybridized carbons (Fsp3) is 0.100. The van der Waals surface area contributed by atoms with Gasteiger partial charge in [-0.25, -0.2) is 0 Å². The maximum atomic E-state index is 10.8. The fourth-order valence-electron chi connectivity index (χ4n) is 1.52. The number of halogens is 1. The van der Waals surface area contributed by atoms with Crippen LogP contribution in [0.25, 0.3) is 10.8 Å². The van der Waals surface area contributed by atoms with E-state index in [0.29, 0.717) is 10.7 Å². The maximum Gasteiger partial charge on any atom is 0.277 e. The number of hydrogen-bond acceptors (Lipinski definition) is 3. The van der Waals surface area contributed by atoms with Gasteiger partial charge >= 0.3 is 0 Å². The molecular formula is C10H7BrN2O2. The average molecular weight is 267 g/mol. The zero-order valence-electron chi connectivity index (χ0n) is 7.68. The highest BCUT2D eigenvalue weighted by molar-refractivity contribution is 9.08. The summed E-state index contributed by atoms with van der Waals surface area (Å²) in [5, 5.41) is 12.8. The molecule has 0 atom stereocenters. The molecule has 15 heavy (non-hydrogen) atoms. The van der Waals surface area contributed by atoms with Crippen LogP contribution in [-0.4, -0.2) is 9.91 Å². The molecule has 0 saturated heterocycles. The lowest BCUT2D eigenvalue weighted by Gasteiger charge is -2.02. The molecule has 1 aromatic heterocycles. The molecule has 5 heteroatoms. The number of nitro groups is 1. The van der Waals surface area contributed by atoms with Gasteiger partial charge in [-0.05, 0) is 6.07 Å². The molecule has 0 fully saturated rings. The second kappa shape index (κ2) is 3.94. The molecule has 0 spiro atoms. The second-order valence-electron chi connectivity index (χ2n) is 3.02. The van der Waals surface area contributed by atoms with Crippen LogP contribution in [0.15, 0.2) is 30.5 Å². The quantitative estimate of drug-likeness (QED) is 0.477. The third-order valence-electron chi connectivity index (χ3n) is 2.19. The van der Waals surface area contributed by atoms with Crippen molar-refractivity contribution in [1.82, 2.24) is 4.98 Å². The molecular weight excluding hydrogens is 260 g/mol. The summed E-state index contributed by atoms with van der Waals surface area (Å²) in [5.74, 6) is 0. The van der Waals surface area contributed by atoms with Crippen LogP contribution in [0, 0.1) is 10.1 Å². The highest BCUT2D eigenvalue weighted by Gasteiger charge is 2.12. The molecule has 2 aromatic rings. The van der Waals surface area contributed by atoms with E-state index in [1.165, 1.54) is 6.07 Å². The summed E-state index contributed by atoms with van der Waals surface area (Å²) in [6, 6.07) is 6.68. The Kier molecular flexibility index (Phi) is 2.64. The minimum absolute atomic E-state index is 0.122. The number of pyridine rings is 1. The first kappa shape index (κ1) is 10.0. The van der Waals surface area contributed by atoms with Gasteiger partial charge in [0.2, 0.25) is 0 Å². The largest absolute Gasteiger partial charge is 0.277 e. The predicted molar refractivity (Wildman–Crippen MR) is 61.0 cm³/mol. The van der Waals surface area contributed by atoms with Gasteiger partial charge < -0.3 is 0 Å². The van der Waals surface area contributed by atoms with Crippen LogP contribution >= 0.6 is 15.9 Å². The van der Waals surface area contributed by atoms with Crippen molar-refractivity contribution in [1.29, 1.82) is 0 Å². The first-order valence-electron chi connectivity index (χ1n) is 4.31. The Labute approximate surface area is 94.2 Å². The van der Waals surface area contributed by atoms with Crippen LogP contribution in [0.5, 0.6) is 0 Å². The lowest BCUT2D eigenvalue weighted by Crippen LogP contribution is -1.92. The second-order valence-corrected chi connectivity index (χ2v) is 3.58. The number of fused-ring (bicyclic) bond motifs is 1. The van der Waals surface area contributed by atoms with E-state index in [9.17, 15) is 10.1 Å². The zero-order chi connectivity index (χ0) is 10.8. The number of aromatic nitrogens is 1. The Morgan fingerprint density at radius 2 is 2.13 bits per heavy atom. The molecule has 0 aliphatic heterocycles. The Bertz CT molecular complexity index is 528. The highest BCUT2D eigenvalue weighted by Crippen LogP contribution is 2.27. The molecule has 4 nitrogen and oxygen atoms in total. The van der Waals surface area contributed by atoms with Crippen molar-refractivity contribution < 1.29 is 4.92 Å². The molecule has 1 aromatic carbocycles. The molecule has 0 aliphatic rings. The summed E-state index contributed by atoms with van der Waals surface area (Å²) in [6.45, 7) is 0. The van der Waals surface area contributed by atoms with Crippen molar-refractivity contribution in [2.75, 3.05) is 0 Å². The molecule has 0 unspecified atom stereocenters. The standard InChI is InChI=1S/C10H7BrN2O2/c11-6-9-7-2-1-3-10(13(14)15)8(7)4-5-12-9/h1-5H,6H2. The Morgan fingerprint density at radius 1 is 1.33 bits per heavy atom. The van der Waals surface area contributed by atoms with E-state index in [1.54, 1.807) is 18.3 Å². The van der Waals surface area contributed by atoms with Crippen molar-refractivity contribution in [2.45, 2.75) is 5.33 Å². The minimum Gasteiger partial charge on any atom is -0.260 e. The van der Waals surface area contributed by atoms with E-state index in [2.05, 4.69) is 20.9 Å². The number of nitrogens with zero attached hydrogens (tertiary/aromatic N) is 2. The van der Waals surface area contributed by atoms with E-state index in [4.69, 9.17) is 0 Å². The SMILES string of the molecule is O=[N+]([O-])c1cccc2c(CBr)nccc12. The molecule has 0 aliphatic carbocycles. The van der Waals surface area contributed by atoms with E-state index in [-0.39, 0.29) is 10.6 Å². The van der Waals surface area contributed by atoms with Crippen LogP contribution in [0.1, 0.15) is 5.69 Å². The summed E-state index contributed by atoms with van der Waals surface area (Å²) < 4.78 is 0. The third-order valence-corrected chi connectivity index (χ3v) is 2.72. The maximum absolute atomic E-state index is 10.8. The van der Waals surface area contributed by atoms with Crippen LogP contribution in [0.2, 0.25) is 0 Å². The van der Waals surface area contributed by atoms with E-state index in [0.717, 1.165) is 11.1 Å². The van der Waals surface area contributed by atoms with Crippen molar-refractivity contribution in [2.24, 2.45) is 0 Å². The Morgan fingerprint density at radius 3 is 2.80 bits per heavy atom. The fourth-order valence-corrected chi connectivity index (χ4v) is 1.96. The summed E-state index contributed by atoms with van der Waals surface area (Å²) in [7, 11) is 0. The summed E-state index contributed by atoms with van der Waals surface area (Å²) in [6.07, 6.45) is 1.59. The summed E-state index contributed by atoms with van der Waals surface area (Å²) in [4.78, 5) is 14.6. The smallest absolute Gasteiger partial charge is 0.260 e. The lowest BCUT2D eigenvalue weighted by molar-refractivity contribution is -0.383. The topological polar surface area (TPSA) is 56.0 Å². The predicted octanol–water partition coefficient (Wildman–Crippen LogP) is 3.04. The minimum atomic E-state index is -0.375. The van der Waals surface area contributed by atoms with Gasteiger partial charge in [-0.15, -0.1) is 0 Å². The highest BCUT2D eigenvalue weighted by atomic mass is 79.9. The van der Waals surface area contributed by atoms with Gasteiger partial charge in [0, 0.05) is 23.0 Å². The number of benzene rings is 1. The summed E-state index contributed by atoms with van der Waals surface area (Å²) in [5.41, 5.74) is 0.938.